The van der Waals surface area contributed by atoms with Gasteiger partial charge in [0.2, 0.25) is 0 Å². The normalized spacial score (nSPS) is 22.4. The van der Waals surface area contributed by atoms with Crippen LogP contribution in [-0.4, -0.2) is 27.9 Å². The summed E-state index contributed by atoms with van der Waals surface area (Å²) < 4.78 is 0. The fraction of sp³-hybridized carbons (Fsp3) is 0.706. The maximum Gasteiger partial charge on any atom is 0.332 e. The Hall–Kier alpha value is -1.65. The van der Waals surface area contributed by atoms with Gasteiger partial charge in [-0.1, -0.05) is 32.3 Å². The molecule has 22 heavy (non-hydrogen) atoms. The molecule has 0 bridgehead atoms. The van der Waals surface area contributed by atoms with E-state index in [1.807, 2.05) is 0 Å². The molecule has 0 radical (unpaired) electrons. The summed E-state index contributed by atoms with van der Waals surface area (Å²) in [6.07, 6.45) is 6.39. The van der Waals surface area contributed by atoms with Gasteiger partial charge in [0.25, 0.3) is 0 Å². The van der Waals surface area contributed by atoms with E-state index in [-0.39, 0.29) is 29.6 Å². The molecule has 0 aromatic carbocycles. The highest BCUT2D eigenvalue weighted by molar-refractivity contribution is 5.99. The monoisotopic (exact) mass is 308 g/mol. The van der Waals surface area contributed by atoms with Crippen LogP contribution in [-0.2, 0) is 14.4 Å². The van der Waals surface area contributed by atoms with E-state index in [4.69, 9.17) is 0 Å². The largest absolute Gasteiger partial charge is 0.481 e. The van der Waals surface area contributed by atoms with Crippen molar-refractivity contribution in [3.63, 3.8) is 0 Å². The molecule has 2 N–H and O–H groups in total. The van der Waals surface area contributed by atoms with Crippen molar-refractivity contribution in [3.8, 4) is 0 Å². The molecule has 5 nitrogen and oxygen atoms in total. The zero-order chi connectivity index (χ0) is 16.3. The van der Waals surface area contributed by atoms with Crippen molar-refractivity contribution in [1.82, 2.24) is 0 Å². The van der Waals surface area contributed by atoms with Gasteiger partial charge in [-0.25, -0.2) is 4.79 Å². The molecule has 0 aromatic heterocycles. The van der Waals surface area contributed by atoms with E-state index in [2.05, 4.69) is 6.58 Å². The molecule has 5 heteroatoms. The van der Waals surface area contributed by atoms with Crippen molar-refractivity contribution in [1.29, 1.82) is 0 Å². The minimum Gasteiger partial charge on any atom is -0.481 e. The Bertz CT molecular complexity index is 483. The van der Waals surface area contributed by atoms with Gasteiger partial charge in [0, 0.05) is 17.9 Å². The summed E-state index contributed by atoms with van der Waals surface area (Å²) in [6, 6.07) is 0. The summed E-state index contributed by atoms with van der Waals surface area (Å²) in [6.45, 7) is 3.54. The minimum atomic E-state index is -1.64. The van der Waals surface area contributed by atoms with Crippen LogP contribution in [0.3, 0.4) is 0 Å². The summed E-state index contributed by atoms with van der Waals surface area (Å²) in [5.41, 5.74) is -1.97. The maximum atomic E-state index is 12.6. The van der Waals surface area contributed by atoms with Crippen LogP contribution in [0.25, 0.3) is 0 Å². The Morgan fingerprint density at radius 1 is 0.955 bits per heavy atom. The van der Waals surface area contributed by atoms with E-state index in [1.165, 1.54) is 0 Å². The van der Waals surface area contributed by atoms with E-state index >= 15 is 0 Å². The predicted octanol–water partition coefficient (Wildman–Crippen LogP) is 3.04. The van der Waals surface area contributed by atoms with Gasteiger partial charge in [0.1, 0.15) is 11.2 Å². The first-order chi connectivity index (χ1) is 10.4. The molecular weight excluding hydrogens is 284 g/mol. The van der Waals surface area contributed by atoms with Gasteiger partial charge in [0.15, 0.2) is 0 Å². The maximum absolute atomic E-state index is 12.6. The number of carbonyl (C=O) groups excluding carboxylic acids is 1. The summed E-state index contributed by atoms with van der Waals surface area (Å²) in [4.78, 5) is 36.0. The number of rotatable bonds is 7. The number of aliphatic carboxylic acids is 2. The van der Waals surface area contributed by atoms with Crippen molar-refractivity contribution in [3.05, 3.63) is 12.2 Å². The van der Waals surface area contributed by atoms with Crippen molar-refractivity contribution < 1.29 is 24.6 Å². The van der Waals surface area contributed by atoms with Gasteiger partial charge in [-0.15, -0.1) is 0 Å². The molecule has 0 saturated heterocycles. The molecule has 2 aliphatic carbocycles. The lowest BCUT2D eigenvalue weighted by molar-refractivity contribution is -0.155. The topological polar surface area (TPSA) is 91.7 Å². The molecule has 0 aliphatic heterocycles. The SMILES string of the molecule is C=C(C(=O)O)C(CC(=O)C1CCCC1)(C(=O)O)C1CCCC1. The number of hydrogen-bond donors (Lipinski definition) is 2. The Morgan fingerprint density at radius 2 is 1.45 bits per heavy atom. The Morgan fingerprint density at radius 3 is 1.91 bits per heavy atom. The van der Waals surface area contributed by atoms with Gasteiger partial charge < -0.3 is 10.2 Å². The third kappa shape index (κ3) is 2.94. The number of Topliss-reactive ketones (excluding diaryl/α,β-unsaturated/α-hetero) is 1. The number of carboxylic acid groups (broad SMARTS) is 2. The molecule has 0 spiro atoms. The highest BCUT2D eigenvalue weighted by atomic mass is 16.4. The molecule has 1 atom stereocenters. The first-order valence-electron chi connectivity index (χ1n) is 8.08. The molecule has 1 unspecified atom stereocenters. The third-order valence-electron chi connectivity index (χ3n) is 5.49. The van der Waals surface area contributed by atoms with E-state index in [9.17, 15) is 24.6 Å². The van der Waals surface area contributed by atoms with Gasteiger partial charge in [-0.05, 0) is 31.6 Å². The number of carboxylic acids is 2. The van der Waals surface area contributed by atoms with Crippen LogP contribution in [0.15, 0.2) is 12.2 Å². The lowest BCUT2D eigenvalue weighted by Crippen LogP contribution is -2.44. The number of hydrogen-bond acceptors (Lipinski definition) is 3. The summed E-state index contributed by atoms with van der Waals surface area (Å²) >= 11 is 0. The molecule has 2 fully saturated rings. The zero-order valence-corrected chi connectivity index (χ0v) is 12.8. The van der Waals surface area contributed by atoms with E-state index in [0.29, 0.717) is 12.8 Å². The van der Waals surface area contributed by atoms with Gasteiger partial charge in [0.05, 0.1) is 0 Å². The second kappa shape index (κ2) is 6.63. The standard InChI is InChI=1S/C17H24O5/c1-11(15(19)20)17(16(21)22,13-8-4-5-9-13)10-14(18)12-6-2-3-7-12/h12-13H,1-10H2,(H,19,20)(H,21,22). The highest BCUT2D eigenvalue weighted by Crippen LogP contribution is 2.48. The first-order valence-corrected chi connectivity index (χ1v) is 8.08. The van der Waals surface area contributed by atoms with Crippen LogP contribution >= 0.6 is 0 Å². The quantitative estimate of drug-likeness (QED) is 0.705. The average molecular weight is 308 g/mol. The smallest absolute Gasteiger partial charge is 0.332 e. The van der Waals surface area contributed by atoms with E-state index in [1.54, 1.807) is 0 Å². The Balaban J connectivity index is 2.33. The predicted molar refractivity (Wildman–Crippen MR) is 80.4 cm³/mol. The first kappa shape index (κ1) is 16.7. The molecule has 2 saturated carbocycles. The number of ketones is 1. The summed E-state index contributed by atoms with van der Waals surface area (Å²) in [5.74, 6) is -3.04. The minimum absolute atomic E-state index is 0.103. The average Bonchev–Trinajstić information content (AvgIpc) is 3.15. The van der Waals surface area contributed by atoms with Crippen molar-refractivity contribution >= 4 is 17.7 Å². The van der Waals surface area contributed by atoms with E-state index in [0.717, 1.165) is 38.5 Å². The highest BCUT2D eigenvalue weighted by Gasteiger charge is 2.53. The van der Waals surface area contributed by atoms with Crippen molar-refractivity contribution in [2.75, 3.05) is 0 Å². The third-order valence-corrected chi connectivity index (χ3v) is 5.49. The Kier molecular flexibility index (Phi) is 5.04. The van der Waals surface area contributed by atoms with Gasteiger partial charge in [-0.2, -0.15) is 0 Å². The molecular formula is C17H24O5. The fourth-order valence-corrected chi connectivity index (χ4v) is 4.15. The summed E-state index contributed by atoms with van der Waals surface area (Å²) in [5, 5.41) is 19.1. The van der Waals surface area contributed by atoms with Gasteiger partial charge in [-0.3, -0.25) is 9.59 Å². The molecule has 2 aliphatic rings. The Labute approximate surface area is 130 Å². The van der Waals surface area contributed by atoms with Crippen LogP contribution in [0.1, 0.15) is 57.8 Å². The van der Waals surface area contributed by atoms with Crippen LogP contribution in [0.5, 0.6) is 0 Å². The van der Waals surface area contributed by atoms with Crippen LogP contribution in [0.2, 0.25) is 0 Å². The van der Waals surface area contributed by atoms with Crippen LogP contribution in [0.4, 0.5) is 0 Å². The van der Waals surface area contributed by atoms with Crippen LogP contribution in [0, 0.1) is 17.3 Å². The number of carbonyl (C=O) groups is 3. The van der Waals surface area contributed by atoms with Crippen LogP contribution < -0.4 is 0 Å². The van der Waals surface area contributed by atoms with Crippen molar-refractivity contribution in [2.24, 2.45) is 17.3 Å². The van der Waals surface area contributed by atoms with Crippen molar-refractivity contribution in [2.45, 2.75) is 57.8 Å². The lowest BCUT2D eigenvalue weighted by atomic mass is 9.65. The second-order valence-corrected chi connectivity index (χ2v) is 6.67. The van der Waals surface area contributed by atoms with Gasteiger partial charge >= 0.3 is 11.9 Å². The van der Waals surface area contributed by atoms with E-state index < -0.39 is 17.4 Å². The molecule has 0 aromatic rings. The molecule has 2 rings (SSSR count). The summed E-state index contributed by atoms with van der Waals surface area (Å²) in [7, 11) is 0. The molecule has 0 heterocycles. The lowest BCUT2D eigenvalue weighted by Gasteiger charge is -2.35. The fourth-order valence-electron chi connectivity index (χ4n) is 4.15. The zero-order valence-electron chi connectivity index (χ0n) is 12.8. The second-order valence-electron chi connectivity index (χ2n) is 6.67. The molecule has 122 valence electrons. The molecule has 0 amide bonds.